The molecule has 5 nitrogen and oxygen atoms in total. The molecule has 1 aliphatic heterocycles. The van der Waals surface area contributed by atoms with E-state index in [0.29, 0.717) is 12.1 Å². The molecule has 0 saturated carbocycles. The Morgan fingerprint density at radius 3 is 2.78 bits per heavy atom. The molecule has 0 aliphatic carbocycles. The number of carbonyl (C=O) groups is 1. The number of carbonyl (C=O) groups excluding carboxylic acids is 1. The Balaban J connectivity index is 1.92. The first-order chi connectivity index (χ1) is 8.74. The molecule has 1 aromatic carbocycles. The quantitative estimate of drug-likeness (QED) is 0.803. The number of nitrogens with zero attached hydrogens (tertiary/aromatic N) is 3. The van der Waals surface area contributed by atoms with E-state index in [4.69, 9.17) is 5.73 Å². The fraction of sp³-hybridized carbons (Fsp3) is 0.308. The molecule has 1 fully saturated rings. The van der Waals surface area contributed by atoms with Crippen molar-refractivity contribution in [1.29, 1.82) is 0 Å². The summed E-state index contributed by atoms with van der Waals surface area (Å²) in [6.07, 6.45) is 4.14. The highest BCUT2D eigenvalue weighted by Gasteiger charge is 2.24. The van der Waals surface area contributed by atoms with E-state index in [2.05, 4.69) is 9.97 Å². The molecule has 2 N–H and O–H groups in total. The van der Waals surface area contributed by atoms with E-state index in [1.807, 2.05) is 6.07 Å². The minimum atomic E-state index is 0.0236. The number of hydrogen-bond acceptors (Lipinski definition) is 4. The first-order valence-corrected chi connectivity index (χ1v) is 5.99. The van der Waals surface area contributed by atoms with Gasteiger partial charge >= 0.3 is 0 Å². The van der Waals surface area contributed by atoms with E-state index in [1.54, 1.807) is 29.4 Å². The van der Waals surface area contributed by atoms with Crippen molar-refractivity contribution in [2.24, 2.45) is 5.73 Å². The Morgan fingerprint density at radius 2 is 2.06 bits per heavy atom. The van der Waals surface area contributed by atoms with Crippen LogP contribution in [-0.4, -0.2) is 39.9 Å². The molecule has 1 aliphatic rings. The van der Waals surface area contributed by atoms with Crippen molar-refractivity contribution in [3.05, 3.63) is 36.2 Å². The van der Waals surface area contributed by atoms with Crippen LogP contribution in [0.2, 0.25) is 0 Å². The van der Waals surface area contributed by atoms with E-state index < -0.39 is 0 Å². The molecule has 1 atom stereocenters. The smallest absolute Gasteiger partial charge is 0.253 e. The van der Waals surface area contributed by atoms with Crippen molar-refractivity contribution >= 4 is 16.9 Å². The fourth-order valence-corrected chi connectivity index (χ4v) is 2.25. The predicted molar refractivity (Wildman–Crippen MR) is 68.0 cm³/mol. The van der Waals surface area contributed by atoms with Crippen molar-refractivity contribution in [1.82, 2.24) is 14.9 Å². The molecular weight excluding hydrogens is 228 g/mol. The fourth-order valence-electron chi connectivity index (χ4n) is 2.25. The van der Waals surface area contributed by atoms with Gasteiger partial charge in [0.1, 0.15) is 0 Å². The maximum Gasteiger partial charge on any atom is 0.253 e. The van der Waals surface area contributed by atoms with Gasteiger partial charge in [0.2, 0.25) is 0 Å². The average molecular weight is 242 g/mol. The molecular formula is C13H14N4O. The van der Waals surface area contributed by atoms with Crippen molar-refractivity contribution in [2.45, 2.75) is 12.5 Å². The molecule has 1 saturated heterocycles. The van der Waals surface area contributed by atoms with E-state index in [9.17, 15) is 4.79 Å². The third-order valence-corrected chi connectivity index (χ3v) is 3.23. The number of rotatable bonds is 1. The highest BCUT2D eigenvalue weighted by atomic mass is 16.2. The van der Waals surface area contributed by atoms with Gasteiger partial charge in [-0.05, 0) is 24.6 Å². The van der Waals surface area contributed by atoms with Crippen LogP contribution in [-0.2, 0) is 0 Å². The second-order valence-electron chi connectivity index (χ2n) is 4.56. The molecule has 0 spiro atoms. The lowest BCUT2D eigenvalue weighted by Gasteiger charge is -2.15. The van der Waals surface area contributed by atoms with Gasteiger partial charge in [-0.15, -0.1) is 0 Å². The first kappa shape index (κ1) is 11.1. The lowest BCUT2D eigenvalue weighted by Crippen LogP contribution is -2.31. The molecule has 1 aromatic heterocycles. The molecule has 92 valence electrons. The lowest BCUT2D eigenvalue weighted by molar-refractivity contribution is 0.0791. The summed E-state index contributed by atoms with van der Waals surface area (Å²) in [6, 6.07) is 5.51. The highest BCUT2D eigenvalue weighted by molar-refractivity contribution is 5.97. The Morgan fingerprint density at radius 1 is 1.28 bits per heavy atom. The van der Waals surface area contributed by atoms with E-state index in [1.165, 1.54) is 0 Å². The summed E-state index contributed by atoms with van der Waals surface area (Å²) >= 11 is 0. The Labute approximate surface area is 105 Å². The van der Waals surface area contributed by atoms with Gasteiger partial charge in [-0.25, -0.2) is 0 Å². The van der Waals surface area contributed by atoms with Gasteiger partial charge in [0.25, 0.3) is 5.91 Å². The molecule has 3 rings (SSSR count). The van der Waals surface area contributed by atoms with Gasteiger partial charge < -0.3 is 10.6 Å². The predicted octanol–water partition coefficient (Wildman–Crippen LogP) is 0.803. The second kappa shape index (κ2) is 4.34. The molecule has 2 heterocycles. The minimum Gasteiger partial charge on any atom is -0.337 e. The lowest BCUT2D eigenvalue weighted by atomic mass is 10.1. The van der Waals surface area contributed by atoms with Crippen LogP contribution in [0.3, 0.4) is 0 Å². The van der Waals surface area contributed by atoms with Gasteiger partial charge in [0, 0.05) is 37.1 Å². The van der Waals surface area contributed by atoms with Gasteiger partial charge in [-0.1, -0.05) is 0 Å². The molecule has 2 aromatic rings. The zero-order valence-corrected chi connectivity index (χ0v) is 9.91. The van der Waals surface area contributed by atoms with Crippen molar-refractivity contribution in [3.8, 4) is 0 Å². The third kappa shape index (κ3) is 1.93. The van der Waals surface area contributed by atoms with Gasteiger partial charge in [0.15, 0.2) is 0 Å². The summed E-state index contributed by atoms with van der Waals surface area (Å²) in [5, 5.41) is 0. The molecule has 0 bridgehead atoms. The number of aromatic nitrogens is 2. The zero-order valence-electron chi connectivity index (χ0n) is 9.91. The second-order valence-corrected chi connectivity index (χ2v) is 4.56. The third-order valence-electron chi connectivity index (χ3n) is 3.23. The Hall–Kier alpha value is -2.01. The topological polar surface area (TPSA) is 72.1 Å². The largest absolute Gasteiger partial charge is 0.337 e. The van der Waals surface area contributed by atoms with Crippen molar-refractivity contribution in [2.75, 3.05) is 13.1 Å². The molecule has 1 amide bonds. The summed E-state index contributed by atoms with van der Waals surface area (Å²) in [4.78, 5) is 22.4. The van der Waals surface area contributed by atoms with E-state index >= 15 is 0 Å². The maximum atomic E-state index is 12.3. The average Bonchev–Trinajstić information content (AvgIpc) is 2.84. The number of amides is 1. The standard InChI is InChI=1S/C13H14N4O/c14-10-3-6-17(8-10)13(18)9-1-2-11-12(7-9)16-5-4-15-11/h1-2,4-5,7,10H,3,6,8,14H2/t10-/m0/s1. The van der Waals surface area contributed by atoms with Gasteiger partial charge in [-0.3, -0.25) is 14.8 Å². The van der Waals surface area contributed by atoms with E-state index in [-0.39, 0.29) is 11.9 Å². The summed E-state index contributed by atoms with van der Waals surface area (Å²) in [6.45, 7) is 1.37. The van der Waals surface area contributed by atoms with Gasteiger partial charge in [0.05, 0.1) is 11.0 Å². The summed E-state index contributed by atoms with van der Waals surface area (Å²) < 4.78 is 0. The molecule has 5 heteroatoms. The van der Waals surface area contributed by atoms with Crippen LogP contribution in [0.1, 0.15) is 16.8 Å². The SMILES string of the molecule is N[C@H]1CCN(C(=O)c2ccc3nccnc3c2)C1. The molecule has 18 heavy (non-hydrogen) atoms. The van der Waals surface area contributed by atoms with Crippen molar-refractivity contribution in [3.63, 3.8) is 0 Å². The Kier molecular flexibility index (Phi) is 2.68. The normalized spacial score (nSPS) is 19.4. The van der Waals surface area contributed by atoms with Crippen LogP contribution in [0.25, 0.3) is 11.0 Å². The number of hydrogen-bond donors (Lipinski definition) is 1. The monoisotopic (exact) mass is 242 g/mol. The summed E-state index contributed by atoms with van der Waals surface area (Å²) in [5.41, 5.74) is 8.01. The van der Waals surface area contributed by atoms with Crippen LogP contribution in [0.5, 0.6) is 0 Å². The first-order valence-electron chi connectivity index (χ1n) is 5.99. The van der Waals surface area contributed by atoms with E-state index in [0.717, 1.165) is 24.0 Å². The highest BCUT2D eigenvalue weighted by Crippen LogP contribution is 2.16. The number of benzene rings is 1. The summed E-state index contributed by atoms with van der Waals surface area (Å²) in [5.74, 6) is 0.0236. The zero-order chi connectivity index (χ0) is 12.5. The Bertz CT molecular complexity index is 598. The van der Waals surface area contributed by atoms with Crippen LogP contribution in [0.15, 0.2) is 30.6 Å². The number of likely N-dealkylation sites (tertiary alicyclic amines) is 1. The van der Waals surface area contributed by atoms with Crippen LogP contribution < -0.4 is 5.73 Å². The minimum absolute atomic E-state index is 0.0236. The summed E-state index contributed by atoms with van der Waals surface area (Å²) in [7, 11) is 0. The van der Waals surface area contributed by atoms with Crippen LogP contribution >= 0.6 is 0 Å². The maximum absolute atomic E-state index is 12.3. The van der Waals surface area contributed by atoms with Crippen LogP contribution in [0.4, 0.5) is 0 Å². The van der Waals surface area contributed by atoms with Gasteiger partial charge in [-0.2, -0.15) is 0 Å². The van der Waals surface area contributed by atoms with Crippen LogP contribution in [0, 0.1) is 0 Å². The number of nitrogens with two attached hydrogens (primary N) is 1. The number of fused-ring (bicyclic) bond motifs is 1. The van der Waals surface area contributed by atoms with Crippen molar-refractivity contribution < 1.29 is 4.79 Å². The molecule has 0 unspecified atom stereocenters. The molecule has 0 radical (unpaired) electrons.